The van der Waals surface area contributed by atoms with E-state index in [1.165, 1.54) is 18.2 Å². The number of rotatable bonds is 3. The quantitative estimate of drug-likeness (QED) is 0.941. The molecule has 7 heteroatoms. The average molecular weight is 303 g/mol. The lowest BCUT2D eigenvalue weighted by molar-refractivity contribution is 0.0687. The molecule has 0 spiro atoms. The van der Waals surface area contributed by atoms with Gasteiger partial charge in [-0.15, -0.1) is 0 Å². The highest BCUT2D eigenvalue weighted by atomic mass is 35.5. The van der Waals surface area contributed by atoms with E-state index >= 15 is 0 Å². The standard InChI is InChI=1S/C12H9Cl2FN2O2/c1-6-2-10(12(18)19)17(16-6)11-8(13)3-7(5-15)4-9(11)14/h2-4H,5H2,1H3,(H,18,19). The average Bonchev–Trinajstić information content (AvgIpc) is 2.70. The number of hydrogen-bond acceptors (Lipinski definition) is 2. The molecule has 0 aliphatic heterocycles. The van der Waals surface area contributed by atoms with Crippen LogP contribution in [-0.4, -0.2) is 20.9 Å². The molecule has 0 saturated carbocycles. The number of nitrogens with zero attached hydrogens (tertiary/aromatic N) is 2. The molecule has 1 aromatic heterocycles. The molecule has 0 unspecified atom stereocenters. The zero-order valence-electron chi connectivity index (χ0n) is 9.82. The first-order valence-corrected chi connectivity index (χ1v) is 6.04. The van der Waals surface area contributed by atoms with Crippen LogP contribution in [0.2, 0.25) is 10.0 Å². The van der Waals surface area contributed by atoms with E-state index < -0.39 is 12.6 Å². The normalized spacial score (nSPS) is 10.7. The molecule has 19 heavy (non-hydrogen) atoms. The van der Waals surface area contributed by atoms with Crippen molar-refractivity contribution in [2.24, 2.45) is 0 Å². The summed E-state index contributed by atoms with van der Waals surface area (Å²) < 4.78 is 13.7. The number of carbonyl (C=O) groups is 1. The number of carboxylic acid groups (broad SMARTS) is 1. The van der Waals surface area contributed by atoms with Crippen molar-refractivity contribution in [3.8, 4) is 5.69 Å². The molecular formula is C12H9Cl2FN2O2. The summed E-state index contributed by atoms with van der Waals surface area (Å²) >= 11 is 12.1. The number of alkyl halides is 1. The smallest absolute Gasteiger partial charge is 0.354 e. The molecule has 0 saturated heterocycles. The van der Waals surface area contributed by atoms with Gasteiger partial charge < -0.3 is 5.11 Å². The molecular weight excluding hydrogens is 294 g/mol. The second-order valence-electron chi connectivity index (χ2n) is 3.93. The van der Waals surface area contributed by atoms with Crippen LogP contribution in [0.4, 0.5) is 4.39 Å². The highest BCUT2D eigenvalue weighted by molar-refractivity contribution is 6.37. The Labute approximate surface area is 118 Å². The molecule has 1 heterocycles. The second-order valence-corrected chi connectivity index (χ2v) is 4.74. The van der Waals surface area contributed by atoms with Crippen LogP contribution < -0.4 is 0 Å². The fraction of sp³-hybridized carbons (Fsp3) is 0.167. The highest BCUT2D eigenvalue weighted by Gasteiger charge is 2.19. The van der Waals surface area contributed by atoms with Gasteiger partial charge in [-0.2, -0.15) is 5.10 Å². The van der Waals surface area contributed by atoms with Crippen molar-refractivity contribution in [3.05, 3.63) is 45.2 Å². The minimum absolute atomic E-state index is 0.0608. The lowest BCUT2D eigenvalue weighted by Crippen LogP contribution is -2.09. The van der Waals surface area contributed by atoms with Crippen molar-refractivity contribution in [2.75, 3.05) is 0 Å². The molecule has 0 aliphatic carbocycles. The molecule has 1 N–H and O–H groups in total. The number of aromatic carboxylic acids is 1. The van der Waals surface area contributed by atoms with Gasteiger partial charge in [0.1, 0.15) is 12.4 Å². The number of halogens is 3. The van der Waals surface area contributed by atoms with Crippen LogP contribution in [0.1, 0.15) is 21.7 Å². The molecule has 0 fully saturated rings. The summed E-state index contributed by atoms with van der Waals surface area (Å²) in [6.45, 7) is 0.949. The molecule has 2 rings (SSSR count). The first kappa shape index (κ1) is 13.8. The molecule has 0 aliphatic rings. The van der Waals surface area contributed by atoms with Crippen molar-refractivity contribution in [1.29, 1.82) is 0 Å². The van der Waals surface area contributed by atoms with Gasteiger partial charge in [-0.3, -0.25) is 0 Å². The Bertz CT molecular complexity index is 632. The predicted molar refractivity (Wildman–Crippen MR) is 70.1 cm³/mol. The molecule has 4 nitrogen and oxygen atoms in total. The van der Waals surface area contributed by atoms with Crippen LogP contribution in [0, 0.1) is 6.92 Å². The summed E-state index contributed by atoms with van der Waals surface area (Å²) in [6, 6.07) is 4.19. The van der Waals surface area contributed by atoms with Crippen molar-refractivity contribution in [1.82, 2.24) is 9.78 Å². The zero-order valence-corrected chi connectivity index (χ0v) is 11.3. The van der Waals surface area contributed by atoms with Gasteiger partial charge >= 0.3 is 5.97 Å². The van der Waals surface area contributed by atoms with E-state index in [2.05, 4.69) is 5.10 Å². The van der Waals surface area contributed by atoms with Gasteiger partial charge in [0.25, 0.3) is 0 Å². The lowest BCUT2D eigenvalue weighted by Gasteiger charge is -2.10. The number of aryl methyl sites for hydroxylation is 1. The molecule has 2 aromatic rings. The molecule has 1 aromatic carbocycles. The van der Waals surface area contributed by atoms with Gasteiger partial charge in [-0.1, -0.05) is 23.2 Å². The summed E-state index contributed by atoms with van der Waals surface area (Å²) in [5, 5.41) is 13.5. The topological polar surface area (TPSA) is 55.1 Å². The molecule has 0 bridgehead atoms. The first-order chi connectivity index (χ1) is 8.93. The SMILES string of the molecule is Cc1cc(C(=O)O)n(-c2c(Cl)cc(CF)cc2Cl)n1. The maximum atomic E-state index is 12.6. The lowest BCUT2D eigenvalue weighted by atomic mass is 10.2. The summed E-state index contributed by atoms with van der Waals surface area (Å²) in [6.07, 6.45) is 0. The Kier molecular flexibility index (Phi) is 3.78. The van der Waals surface area contributed by atoms with Crippen LogP contribution in [0.15, 0.2) is 18.2 Å². The zero-order chi connectivity index (χ0) is 14.2. The first-order valence-electron chi connectivity index (χ1n) is 5.28. The molecule has 0 amide bonds. The number of carboxylic acids is 1. The van der Waals surface area contributed by atoms with E-state index in [9.17, 15) is 9.18 Å². The highest BCUT2D eigenvalue weighted by Crippen LogP contribution is 2.31. The van der Waals surface area contributed by atoms with Gasteiger partial charge in [0.05, 0.1) is 15.7 Å². The van der Waals surface area contributed by atoms with Crippen molar-refractivity contribution >= 4 is 29.2 Å². The Morgan fingerprint density at radius 2 is 1.95 bits per heavy atom. The Morgan fingerprint density at radius 3 is 2.42 bits per heavy atom. The molecule has 0 atom stereocenters. The van der Waals surface area contributed by atoms with Gasteiger partial charge in [-0.25, -0.2) is 13.9 Å². The minimum atomic E-state index is -1.15. The van der Waals surface area contributed by atoms with Gasteiger partial charge in [-0.05, 0) is 30.7 Å². The summed E-state index contributed by atoms with van der Waals surface area (Å²) in [7, 11) is 0. The summed E-state index contributed by atoms with van der Waals surface area (Å²) in [5.74, 6) is -1.15. The summed E-state index contributed by atoms with van der Waals surface area (Å²) in [4.78, 5) is 11.1. The van der Waals surface area contributed by atoms with Gasteiger partial charge in [0, 0.05) is 0 Å². The van der Waals surface area contributed by atoms with E-state index in [0.29, 0.717) is 11.3 Å². The van der Waals surface area contributed by atoms with Crippen molar-refractivity contribution in [3.63, 3.8) is 0 Å². The van der Waals surface area contributed by atoms with E-state index in [-0.39, 0.29) is 21.4 Å². The van der Waals surface area contributed by atoms with Crippen LogP contribution >= 0.6 is 23.2 Å². The van der Waals surface area contributed by atoms with Crippen LogP contribution in [-0.2, 0) is 6.67 Å². The van der Waals surface area contributed by atoms with Gasteiger partial charge in [0.2, 0.25) is 0 Å². The number of aromatic nitrogens is 2. The van der Waals surface area contributed by atoms with Crippen LogP contribution in [0.3, 0.4) is 0 Å². The molecule has 0 radical (unpaired) electrons. The third-order valence-electron chi connectivity index (χ3n) is 2.49. The minimum Gasteiger partial charge on any atom is -0.477 e. The Balaban J connectivity index is 2.69. The van der Waals surface area contributed by atoms with Crippen molar-refractivity contribution < 1.29 is 14.3 Å². The van der Waals surface area contributed by atoms with E-state index in [1.807, 2.05) is 0 Å². The fourth-order valence-electron chi connectivity index (χ4n) is 1.72. The number of benzene rings is 1. The van der Waals surface area contributed by atoms with Gasteiger partial charge in [0.15, 0.2) is 5.69 Å². The largest absolute Gasteiger partial charge is 0.477 e. The second kappa shape index (κ2) is 5.19. The Morgan fingerprint density at radius 1 is 1.37 bits per heavy atom. The fourth-order valence-corrected chi connectivity index (χ4v) is 2.41. The maximum absolute atomic E-state index is 12.6. The third-order valence-corrected chi connectivity index (χ3v) is 3.07. The van der Waals surface area contributed by atoms with E-state index in [0.717, 1.165) is 4.68 Å². The van der Waals surface area contributed by atoms with Crippen LogP contribution in [0.25, 0.3) is 5.69 Å². The van der Waals surface area contributed by atoms with E-state index in [4.69, 9.17) is 28.3 Å². The molecule has 100 valence electrons. The summed E-state index contributed by atoms with van der Waals surface area (Å²) in [5.41, 5.74) is 0.999. The third kappa shape index (κ3) is 2.57. The Hall–Kier alpha value is -1.59. The maximum Gasteiger partial charge on any atom is 0.354 e. The monoisotopic (exact) mass is 302 g/mol. The predicted octanol–water partition coefficient (Wildman–Crippen LogP) is 3.66. The van der Waals surface area contributed by atoms with Crippen molar-refractivity contribution in [2.45, 2.75) is 13.6 Å². The van der Waals surface area contributed by atoms with E-state index in [1.54, 1.807) is 6.92 Å². The number of hydrogen-bond donors (Lipinski definition) is 1. The van der Waals surface area contributed by atoms with Crippen LogP contribution in [0.5, 0.6) is 0 Å².